The molecular formula is C25H30N2O3. The number of hydrogen-bond donors (Lipinski definition) is 1. The van der Waals surface area contributed by atoms with Crippen LogP contribution in [0.2, 0.25) is 0 Å². The van der Waals surface area contributed by atoms with E-state index in [2.05, 4.69) is 13.8 Å². The van der Waals surface area contributed by atoms with Crippen LogP contribution in [0, 0.1) is 0 Å². The van der Waals surface area contributed by atoms with E-state index in [9.17, 15) is 14.7 Å². The van der Waals surface area contributed by atoms with E-state index >= 15 is 0 Å². The first-order valence-electron chi connectivity index (χ1n) is 10.5. The van der Waals surface area contributed by atoms with Gasteiger partial charge in [0.15, 0.2) is 0 Å². The van der Waals surface area contributed by atoms with Crippen LogP contribution < -0.4 is 0 Å². The fourth-order valence-electron chi connectivity index (χ4n) is 3.75. The van der Waals surface area contributed by atoms with Gasteiger partial charge in [-0.15, -0.1) is 0 Å². The molecule has 0 bridgehead atoms. The van der Waals surface area contributed by atoms with Crippen molar-refractivity contribution in [2.75, 3.05) is 27.2 Å². The molecule has 5 nitrogen and oxygen atoms in total. The van der Waals surface area contributed by atoms with Crippen molar-refractivity contribution in [3.63, 3.8) is 0 Å². The zero-order valence-electron chi connectivity index (χ0n) is 18.2. The lowest BCUT2D eigenvalue weighted by Crippen LogP contribution is -2.35. The van der Waals surface area contributed by atoms with E-state index in [1.807, 2.05) is 55.4 Å². The smallest absolute Gasteiger partial charge is 0.295 e. The molecule has 1 N–H and O–H groups in total. The van der Waals surface area contributed by atoms with Gasteiger partial charge in [-0.3, -0.25) is 9.59 Å². The Morgan fingerprint density at radius 1 is 0.933 bits per heavy atom. The number of benzene rings is 2. The number of amides is 1. The van der Waals surface area contributed by atoms with Crippen molar-refractivity contribution >= 4 is 17.4 Å². The standard InChI is InChI=1S/C25H30N2O3/c1-5-17-7-11-19(12-8-17)22-21(23(28)20-13-9-18(6-2)10-14-20)24(29)25(30)27(22)16-15-26(3)4/h7-14,22,28H,5-6,15-16H2,1-4H3/b23-21-. The number of aliphatic hydroxyl groups excluding tert-OH is 1. The number of ketones is 1. The predicted octanol–water partition coefficient (Wildman–Crippen LogP) is 3.79. The van der Waals surface area contributed by atoms with Gasteiger partial charge in [0.05, 0.1) is 11.6 Å². The summed E-state index contributed by atoms with van der Waals surface area (Å²) < 4.78 is 0. The predicted molar refractivity (Wildman–Crippen MR) is 119 cm³/mol. The molecule has 5 heteroatoms. The van der Waals surface area contributed by atoms with Crippen LogP contribution >= 0.6 is 0 Å². The van der Waals surface area contributed by atoms with E-state index < -0.39 is 17.7 Å². The molecule has 0 spiro atoms. The zero-order valence-corrected chi connectivity index (χ0v) is 18.2. The Morgan fingerprint density at radius 2 is 1.47 bits per heavy atom. The molecule has 1 atom stereocenters. The second kappa shape index (κ2) is 9.26. The summed E-state index contributed by atoms with van der Waals surface area (Å²) in [4.78, 5) is 29.4. The van der Waals surface area contributed by atoms with Crippen LogP contribution in [-0.4, -0.2) is 53.8 Å². The maximum absolute atomic E-state index is 13.0. The molecule has 1 amide bonds. The molecule has 30 heavy (non-hydrogen) atoms. The molecule has 0 aromatic heterocycles. The lowest BCUT2D eigenvalue weighted by Gasteiger charge is -2.26. The number of aryl methyl sites for hydroxylation is 2. The maximum atomic E-state index is 13.0. The first-order valence-corrected chi connectivity index (χ1v) is 10.5. The molecular weight excluding hydrogens is 376 g/mol. The average molecular weight is 407 g/mol. The SMILES string of the molecule is CCc1ccc(/C(O)=C2/C(=O)C(=O)N(CCN(C)C)C2c2ccc(CC)cc2)cc1. The van der Waals surface area contributed by atoms with E-state index in [1.54, 1.807) is 17.0 Å². The normalized spacial score (nSPS) is 18.4. The number of likely N-dealkylation sites (N-methyl/N-ethyl adjacent to an activating group) is 1. The van der Waals surface area contributed by atoms with Crippen molar-refractivity contribution in [2.45, 2.75) is 32.7 Å². The molecule has 1 heterocycles. The molecule has 2 aromatic rings. The maximum Gasteiger partial charge on any atom is 0.295 e. The summed E-state index contributed by atoms with van der Waals surface area (Å²) in [7, 11) is 3.86. The van der Waals surface area contributed by atoms with Crippen LogP contribution in [-0.2, 0) is 22.4 Å². The number of Topliss-reactive ketones (excluding diaryl/α,β-unsaturated/α-hetero) is 1. The number of carbonyl (C=O) groups excluding carboxylic acids is 2. The van der Waals surface area contributed by atoms with Crippen molar-refractivity contribution in [1.82, 2.24) is 9.80 Å². The largest absolute Gasteiger partial charge is 0.507 e. The summed E-state index contributed by atoms with van der Waals surface area (Å²) in [5, 5.41) is 11.1. The fourth-order valence-corrected chi connectivity index (χ4v) is 3.75. The summed E-state index contributed by atoms with van der Waals surface area (Å²) >= 11 is 0. The van der Waals surface area contributed by atoms with E-state index in [-0.39, 0.29) is 11.3 Å². The Morgan fingerprint density at radius 3 is 1.97 bits per heavy atom. The molecule has 1 aliphatic rings. The van der Waals surface area contributed by atoms with Crippen molar-refractivity contribution in [1.29, 1.82) is 0 Å². The third kappa shape index (κ3) is 4.31. The Bertz CT molecular complexity index is 943. The minimum absolute atomic E-state index is 0.118. The van der Waals surface area contributed by atoms with Gasteiger partial charge in [-0.25, -0.2) is 0 Å². The zero-order chi connectivity index (χ0) is 21.8. The molecule has 0 saturated carbocycles. The summed E-state index contributed by atoms with van der Waals surface area (Å²) in [5.41, 5.74) is 3.86. The summed E-state index contributed by atoms with van der Waals surface area (Å²) in [6, 6.07) is 14.8. The first kappa shape index (κ1) is 21.8. The molecule has 3 rings (SSSR count). The van der Waals surface area contributed by atoms with Crippen LogP contribution in [0.15, 0.2) is 54.1 Å². The van der Waals surface area contributed by atoms with E-state index in [0.29, 0.717) is 18.7 Å². The second-order valence-corrected chi connectivity index (χ2v) is 7.94. The third-order valence-electron chi connectivity index (χ3n) is 5.67. The highest BCUT2D eigenvalue weighted by Crippen LogP contribution is 2.39. The second-order valence-electron chi connectivity index (χ2n) is 7.94. The highest BCUT2D eigenvalue weighted by atomic mass is 16.3. The Balaban J connectivity index is 2.11. The van der Waals surface area contributed by atoms with Crippen LogP contribution in [0.3, 0.4) is 0 Å². The molecule has 1 aliphatic heterocycles. The quantitative estimate of drug-likeness (QED) is 0.432. The van der Waals surface area contributed by atoms with Crippen LogP contribution in [0.1, 0.15) is 42.1 Å². The lowest BCUT2D eigenvalue weighted by atomic mass is 9.94. The number of likely N-dealkylation sites (tertiary alicyclic amines) is 1. The highest BCUT2D eigenvalue weighted by Gasteiger charge is 2.45. The molecule has 0 aliphatic carbocycles. The van der Waals surface area contributed by atoms with Crippen LogP contribution in [0.25, 0.3) is 5.76 Å². The van der Waals surface area contributed by atoms with E-state index in [0.717, 1.165) is 24.0 Å². The third-order valence-corrected chi connectivity index (χ3v) is 5.67. The van der Waals surface area contributed by atoms with Gasteiger partial charge in [-0.2, -0.15) is 0 Å². The number of rotatable bonds is 7. The number of carbonyl (C=O) groups is 2. The van der Waals surface area contributed by atoms with Crippen molar-refractivity contribution in [2.24, 2.45) is 0 Å². The van der Waals surface area contributed by atoms with Gasteiger partial charge in [0, 0.05) is 18.7 Å². The van der Waals surface area contributed by atoms with Gasteiger partial charge < -0.3 is 14.9 Å². The summed E-state index contributed by atoms with van der Waals surface area (Å²) in [6.07, 6.45) is 1.80. The minimum atomic E-state index is -0.629. The van der Waals surface area contributed by atoms with Crippen LogP contribution in [0.4, 0.5) is 0 Å². The monoisotopic (exact) mass is 406 g/mol. The fraction of sp³-hybridized carbons (Fsp3) is 0.360. The molecule has 2 aromatic carbocycles. The number of hydrogen-bond acceptors (Lipinski definition) is 4. The van der Waals surface area contributed by atoms with Crippen LogP contribution in [0.5, 0.6) is 0 Å². The van der Waals surface area contributed by atoms with Crippen molar-refractivity contribution < 1.29 is 14.7 Å². The van der Waals surface area contributed by atoms with Gasteiger partial charge in [-0.05, 0) is 43.6 Å². The van der Waals surface area contributed by atoms with Gasteiger partial charge in [-0.1, -0.05) is 62.4 Å². The van der Waals surface area contributed by atoms with Gasteiger partial charge in [0.25, 0.3) is 11.7 Å². The van der Waals surface area contributed by atoms with Gasteiger partial charge in [0.2, 0.25) is 0 Å². The lowest BCUT2D eigenvalue weighted by molar-refractivity contribution is -0.140. The molecule has 158 valence electrons. The first-order chi connectivity index (χ1) is 14.4. The topological polar surface area (TPSA) is 60.9 Å². The number of aliphatic hydroxyl groups is 1. The minimum Gasteiger partial charge on any atom is -0.507 e. The molecule has 1 saturated heterocycles. The van der Waals surface area contributed by atoms with Gasteiger partial charge >= 0.3 is 0 Å². The molecule has 1 unspecified atom stereocenters. The van der Waals surface area contributed by atoms with E-state index in [4.69, 9.17) is 0 Å². The summed E-state index contributed by atoms with van der Waals surface area (Å²) in [6.45, 7) is 5.17. The average Bonchev–Trinajstić information content (AvgIpc) is 3.02. The molecule has 1 fully saturated rings. The highest BCUT2D eigenvalue weighted by molar-refractivity contribution is 6.46. The summed E-state index contributed by atoms with van der Waals surface area (Å²) in [5.74, 6) is -1.31. The Kier molecular flexibility index (Phi) is 6.73. The van der Waals surface area contributed by atoms with Crippen molar-refractivity contribution in [3.05, 3.63) is 76.4 Å². The van der Waals surface area contributed by atoms with Gasteiger partial charge in [0.1, 0.15) is 5.76 Å². The van der Waals surface area contributed by atoms with E-state index in [1.165, 1.54) is 5.56 Å². The number of nitrogens with zero attached hydrogens (tertiary/aromatic N) is 2. The Labute approximate surface area is 178 Å². The van der Waals surface area contributed by atoms with Crippen molar-refractivity contribution in [3.8, 4) is 0 Å². The molecule has 0 radical (unpaired) electrons. The Hall–Kier alpha value is -2.92.